The molecule has 0 aliphatic rings. The number of H-pyrrole nitrogens is 1. The topological polar surface area (TPSA) is 110 Å². The first-order valence-corrected chi connectivity index (χ1v) is 8.80. The van der Waals surface area contributed by atoms with Gasteiger partial charge in [0.1, 0.15) is 0 Å². The van der Waals surface area contributed by atoms with Crippen molar-refractivity contribution in [3.63, 3.8) is 0 Å². The molecule has 0 spiro atoms. The summed E-state index contributed by atoms with van der Waals surface area (Å²) in [6, 6.07) is 14.2. The average Bonchev–Trinajstić information content (AvgIpc) is 2.73. The Kier molecular flexibility index (Phi) is 4.67. The van der Waals surface area contributed by atoms with Crippen LogP contribution in [-0.4, -0.2) is 25.7 Å². The highest BCUT2D eigenvalue weighted by molar-refractivity contribution is 5.84. The number of fused-ring (bicyclic) bond motifs is 2. The van der Waals surface area contributed by atoms with Gasteiger partial charge in [0.05, 0.1) is 34.9 Å². The van der Waals surface area contributed by atoms with Crippen molar-refractivity contribution < 1.29 is 4.79 Å². The van der Waals surface area contributed by atoms with Gasteiger partial charge in [-0.3, -0.25) is 19.0 Å². The monoisotopic (exact) mass is 375 g/mol. The van der Waals surface area contributed by atoms with Gasteiger partial charge in [-0.25, -0.2) is 10.1 Å². The van der Waals surface area contributed by atoms with Gasteiger partial charge in [-0.05, 0) is 18.2 Å². The molecule has 0 saturated carbocycles. The number of carbonyl (C=O) groups excluding carboxylic acids is 1. The van der Waals surface area contributed by atoms with Crippen LogP contribution in [-0.2, 0) is 17.9 Å². The Labute approximate surface area is 158 Å². The fourth-order valence-electron chi connectivity index (χ4n) is 3.06. The van der Waals surface area contributed by atoms with Gasteiger partial charge in [0.2, 0.25) is 5.91 Å². The second-order valence-electron chi connectivity index (χ2n) is 6.33. The van der Waals surface area contributed by atoms with Crippen LogP contribution in [0.25, 0.3) is 21.7 Å². The van der Waals surface area contributed by atoms with E-state index >= 15 is 0 Å². The fraction of sp³-hybridized carbons (Fsp3) is 0.150. The summed E-state index contributed by atoms with van der Waals surface area (Å²) in [6.45, 7) is 0.406. The van der Waals surface area contributed by atoms with Crippen LogP contribution in [0.15, 0.2) is 64.4 Å². The first kappa shape index (κ1) is 17.6. The third-order valence-corrected chi connectivity index (χ3v) is 4.54. The zero-order chi connectivity index (χ0) is 19.5. The molecule has 2 heterocycles. The van der Waals surface area contributed by atoms with E-state index in [2.05, 4.69) is 20.5 Å². The number of hydrogen-bond donors (Lipinski definition) is 2. The molecule has 28 heavy (non-hydrogen) atoms. The quantitative estimate of drug-likeness (QED) is 0.547. The number of amides is 1. The second-order valence-corrected chi connectivity index (χ2v) is 6.33. The zero-order valence-electron chi connectivity index (χ0n) is 14.9. The van der Waals surface area contributed by atoms with Crippen molar-refractivity contribution >= 4 is 27.6 Å². The molecule has 0 aliphatic heterocycles. The summed E-state index contributed by atoms with van der Waals surface area (Å²) in [4.78, 5) is 40.7. The van der Waals surface area contributed by atoms with Gasteiger partial charge >= 0.3 is 0 Å². The van der Waals surface area contributed by atoms with Gasteiger partial charge in [0.25, 0.3) is 11.1 Å². The molecule has 8 nitrogen and oxygen atoms in total. The lowest BCUT2D eigenvalue weighted by Gasteiger charge is -2.08. The van der Waals surface area contributed by atoms with Crippen LogP contribution in [0.2, 0.25) is 0 Å². The smallest absolute Gasteiger partial charge is 0.272 e. The number of nitrogens with zero attached hydrogens (tertiary/aromatic N) is 3. The Morgan fingerprint density at radius 3 is 2.54 bits per heavy atom. The lowest BCUT2D eigenvalue weighted by molar-refractivity contribution is -0.121. The maximum atomic E-state index is 12.4. The Morgan fingerprint density at radius 2 is 1.71 bits per heavy atom. The van der Waals surface area contributed by atoms with Crippen molar-refractivity contribution in [2.45, 2.75) is 19.5 Å². The summed E-state index contributed by atoms with van der Waals surface area (Å²) in [5.74, 6) is -0.225. The van der Waals surface area contributed by atoms with Crippen molar-refractivity contribution in [3.05, 3.63) is 81.3 Å². The minimum atomic E-state index is -0.270. The van der Waals surface area contributed by atoms with E-state index in [0.29, 0.717) is 27.4 Å². The predicted molar refractivity (Wildman–Crippen MR) is 105 cm³/mol. The SMILES string of the molecule is O=C(CCn1cnc2ccccc2c1=O)NCc1n[nH]c(=O)c2ccccc12. The maximum Gasteiger partial charge on any atom is 0.272 e. The van der Waals surface area contributed by atoms with Crippen LogP contribution in [0.5, 0.6) is 0 Å². The van der Waals surface area contributed by atoms with Crippen molar-refractivity contribution in [2.24, 2.45) is 0 Å². The first-order chi connectivity index (χ1) is 13.6. The van der Waals surface area contributed by atoms with E-state index in [1.165, 1.54) is 10.9 Å². The molecule has 140 valence electrons. The van der Waals surface area contributed by atoms with Crippen molar-refractivity contribution in [3.8, 4) is 0 Å². The van der Waals surface area contributed by atoms with Gasteiger partial charge in [-0.2, -0.15) is 5.10 Å². The standard InChI is InChI=1S/C20H17N5O3/c26-18(9-10-25-12-22-16-8-4-3-7-15(16)20(25)28)21-11-17-13-5-1-2-6-14(13)19(27)24-23-17/h1-8,12H,9-11H2,(H,21,26)(H,24,27). The van der Waals surface area contributed by atoms with Gasteiger partial charge in [0.15, 0.2) is 0 Å². The van der Waals surface area contributed by atoms with Crippen LogP contribution in [0.1, 0.15) is 12.1 Å². The van der Waals surface area contributed by atoms with Crippen molar-refractivity contribution in [1.29, 1.82) is 0 Å². The highest BCUT2D eigenvalue weighted by Crippen LogP contribution is 2.12. The largest absolute Gasteiger partial charge is 0.350 e. The summed E-state index contributed by atoms with van der Waals surface area (Å²) >= 11 is 0. The first-order valence-electron chi connectivity index (χ1n) is 8.80. The van der Waals surface area contributed by atoms with E-state index in [1.807, 2.05) is 12.1 Å². The van der Waals surface area contributed by atoms with Crippen LogP contribution in [0.4, 0.5) is 0 Å². The number of carbonyl (C=O) groups is 1. The minimum absolute atomic E-state index is 0.126. The maximum absolute atomic E-state index is 12.4. The number of benzene rings is 2. The minimum Gasteiger partial charge on any atom is -0.350 e. The summed E-state index contributed by atoms with van der Waals surface area (Å²) in [7, 11) is 0. The second kappa shape index (κ2) is 7.43. The lowest BCUT2D eigenvalue weighted by atomic mass is 10.1. The van der Waals surface area contributed by atoms with E-state index in [9.17, 15) is 14.4 Å². The summed E-state index contributed by atoms with van der Waals surface area (Å²) in [6.07, 6.45) is 1.58. The fourth-order valence-corrected chi connectivity index (χ4v) is 3.06. The summed E-state index contributed by atoms with van der Waals surface area (Å²) in [5, 5.41) is 11.0. The molecule has 0 fully saturated rings. The molecule has 1 amide bonds. The molecular weight excluding hydrogens is 358 g/mol. The molecule has 0 aliphatic carbocycles. The predicted octanol–water partition coefficient (Wildman–Crippen LogP) is 1.34. The molecule has 2 N–H and O–H groups in total. The Bertz CT molecular complexity index is 1290. The van der Waals surface area contributed by atoms with E-state index in [1.54, 1.807) is 36.4 Å². The number of aryl methyl sites for hydroxylation is 1. The molecule has 2 aromatic heterocycles. The lowest BCUT2D eigenvalue weighted by Crippen LogP contribution is -2.28. The van der Waals surface area contributed by atoms with Gasteiger partial charge in [-0.1, -0.05) is 30.3 Å². The molecule has 0 unspecified atom stereocenters. The normalized spacial score (nSPS) is 11.0. The van der Waals surface area contributed by atoms with Gasteiger partial charge in [-0.15, -0.1) is 0 Å². The third kappa shape index (κ3) is 3.39. The average molecular weight is 375 g/mol. The van der Waals surface area contributed by atoms with Crippen LogP contribution in [0.3, 0.4) is 0 Å². The molecule has 0 saturated heterocycles. The van der Waals surface area contributed by atoms with Gasteiger partial charge < -0.3 is 5.32 Å². The van der Waals surface area contributed by atoms with E-state index in [-0.39, 0.29) is 36.5 Å². The summed E-state index contributed by atoms with van der Waals surface area (Å²) in [5.41, 5.74) is 0.762. The summed E-state index contributed by atoms with van der Waals surface area (Å²) < 4.78 is 1.43. The third-order valence-electron chi connectivity index (χ3n) is 4.54. The van der Waals surface area contributed by atoms with Crippen LogP contribution < -0.4 is 16.4 Å². The van der Waals surface area contributed by atoms with Crippen LogP contribution >= 0.6 is 0 Å². The number of rotatable bonds is 5. The molecular formula is C20H17N5O3. The van der Waals surface area contributed by atoms with E-state index < -0.39 is 0 Å². The number of aromatic nitrogens is 4. The Balaban J connectivity index is 1.44. The van der Waals surface area contributed by atoms with E-state index in [0.717, 1.165) is 0 Å². The highest BCUT2D eigenvalue weighted by Gasteiger charge is 2.09. The molecule has 4 rings (SSSR count). The molecule has 8 heteroatoms. The van der Waals surface area contributed by atoms with Crippen molar-refractivity contribution in [1.82, 2.24) is 25.1 Å². The zero-order valence-corrected chi connectivity index (χ0v) is 14.9. The number of para-hydroxylation sites is 1. The van der Waals surface area contributed by atoms with Crippen LogP contribution in [0, 0.1) is 0 Å². The van der Waals surface area contributed by atoms with Gasteiger partial charge in [0, 0.05) is 18.4 Å². The number of nitrogens with one attached hydrogen (secondary N) is 2. The van der Waals surface area contributed by atoms with Crippen molar-refractivity contribution in [2.75, 3.05) is 0 Å². The molecule has 2 aromatic carbocycles. The number of hydrogen-bond acceptors (Lipinski definition) is 5. The highest BCUT2D eigenvalue weighted by atomic mass is 16.2. The molecule has 4 aromatic rings. The molecule has 0 bridgehead atoms. The molecule has 0 atom stereocenters. The number of aromatic amines is 1. The Hall–Kier alpha value is -3.81. The van der Waals surface area contributed by atoms with E-state index in [4.69, 9.17) is 0 Å². The molecule has 0 radical (unpaired) electrons. The Morgan fingerprint density at radius 1 is 1.00 bits per heavy atom.